The summed E-state index contributed by atoms with van der Waals surface area (Å²) >= 11 is 0. The van der Waals surface area contributed by atoms with E-state index in [1.54, 1.807) is 18.2 Å². The van der Waals surface area contributed by atoms with E-state index in [2.05, 4.69) is 27.4 Å². The molecule has 0 aromatic carbocycles. The molecule has 0 heterocycles. The molecule has 2 heteroatoms. The molecule has 3 atom stereocenters. The van der Waals surface area contributed by atoms with Crippen molar-refractivity contribution in [3.8, 4) is 0 Å². The summed E-state index contributed by atoms with van der Waals surface area (Å²) in [4.78, 5) is 11.8. The maximum Gasteiger partial charge on any atom is 0.309 e. The second kappa shape index (κ2) is 7.40. The van der Waals surface area contributed by atoms with Crippen LogP contribution in [0.4, 0.5) is 0 Å². The number of esters is 1. The van der Waals surface area contributed by atoms with Crippen LogP contribution in [-0.2, 0) is 9.53 Å². The van der Waals surface area contributed by atoms with Crippen molar-refractivity contribution in [2.75, 3.05) is 0 Å². The van der Waals surface area contributed by atoms with E-state index in [4.69, 9.17) is 4.74 Å². The number of carbonyl (C=O) groups excluding carboxylic acids is 1. The van der Waals surface area contributed by atoms with Crippen LogP contribution < -0.4 is 0 Å². The number of hydrogen-bond donors (Lipinski definition) is 0. The summed E-state index contributed by atoms with van der Waals surface area (Å²) in [5, 5.41) is 0. The van der Waals surface area contributed by atoms with Crippen LogP contribution in [0.5, 0.6) is 0 Å². The van der Waals surface area contributed by atoms with E-state index in [9.17, 15) is 4.79 Å². The minimum Gasteiger partial charge on any atom is -0.462 e. The minimum atomic E-state index is -0.113. The van der Waals surface area contributed by atoms with Gasteiger partial charge in [0.05, 0.1) is 6.42 Å². The molecule has 2 nitrogen and oxygen atoms in total. The lowest BCUT2D eigenvalue weighted by molar-refractivity contribution is -0.154. The molecule has 1 aliphatic carbocycles. The largest absolute Gasteiger partial charge is 0.462 e. The fourth-order valence-corrected chi connectivity index (χ4v) is 2.73. The molecule has 0 saturated heterocycles. The molecular formula is C16H26O2. The Kier molecular flexibility index (Phi) is 6.17. The van der Waals surface area contributed by atoms with Crippen LogP contribution in [0.1, 0.15) is 46.5 Å². The number of ether oxygens (including phenoxy) is 1. The highest BCUT2D eigenvalue weighted by atomic mass is 16.5. The van der Waals surface area contributed by atoms with E-state index >= 15 is 0 Å². The second-order valence-corrected chi connectivity index (χ2v) is 5.72. The molecule has 0 aromatic rings. The van der Waals surface area contributed by atoms with Crippen LogP contribution in [-0.4, -0.2) is 12.1 Å². The normalized spacial score (nSPS) is 28.6. The van der Waals surface area contributed by atoms with Crippen molar-refractivity contribution in [2.45, 2.75) is 52.6 Å². The molecule has 3 unspecified atom stereocenters. The third kappa shape index (κ3) is 4.67. The Hall–Kier alpha value is -1.05. The molecule has 0 N–H and O–H groups in total. The topological polar surface area (TPSA) is 26.3 Å². The van der Waals surface area contributed by atoms with Gasteiger partial charge in [-0.05, 0) is 30.6 Å². The highest BCUT2D eigenvalue weighted by Crippen LogP contribution is 2.35. The van der Waals surface area contributed by atoms with E-state index in [0.717, 1.165) is 6.42 Å². The van der Waals surface area contributed by atoms with Gasteiger partial charge in [0.15, 0.2) is 0 Å². The third-order valence-corrected chi connectivity index (χ3v) is 3.80. The maximum absolute atomic E-state index is 11.8. The SMILES string of the molecule is C=CC=CCC(=O)OC1CC(C)CCC1C(C)C. The number of carbonyl (C=O) groups is 1. The first-order valence-corrected chi connectivity index (χ1v) is 7.01. The molecule has 0 bridgehead atoms. The Bertz CT molecular complexity index is 304. The van der Waals surface area contributed by atoms with Gasteiger partial charge in [0.25, 0.3) is 0 Å². The van der Waals surface area contributed by atoms with Crippen LogP contribution in [0, 0.1) is 17.8 Å². The summed E-state index contributed by atoms with van der Waals surface area (Å²) < 4.78 is 5.66. The van der Waals surface area contributed by atoms with Gasteiger partial charge in [-0.1, -0.05) is 52.0 Å². The summed E-state index contributed by atoms with van der Waals surface area (Å²) in [7, 11) is 0. The van der Waals surface area contributed by atoms with Gasteiger partial charge in [-0.25, -0.2) is 0 Å². The third-order valence-electron chi connectivity index (χ3n) is 3.80. The summed E-state index contributed by atoms with van der Waals surface area (Å²) in [6.07, 6.45) is 9.16. The van der Waals surface area contributed by atoms with Crippen molar-refractivity contribution in [3.05, 3.63) is 24.8 Å². The fraction of sp³-hybridized carbons (Fsp3) is 0.688. The van der Waals surface area contributed by atoms with Crippen molar-refractivity contribution < 1.29 is 9.53 Å². The van der Waals surface area contributed by atoms with E-state index in [0.29, 0.717) is 24.2 Å². The van der Waals surface area contributed by atoms with Crippen LogP contribution in [0.15, 0.2) is 24.8 Å². The number of rotatable bonds is 5. The average Bonchev–Trinajstić information content (AvgIpc) is 2.29. The van der Waals surface area contributed by atoms with E-state index in [1.165, 1.54) is 12.8 Å². The molecule has 1 rings (SSSR count). The maximum atomic E-state index is 11.8. The molecule has 0 aromatic heterocycles. The van der Waals surface area contributed by atoms with Gasteiger partial charge in [0.2, 0.25) is 0 Å². The highest BCUT2D eigenvalue weighted by molar-refractivity contribution is 5.71. The Balaban J connectivity index is 2.52. The monoisotopic (exact) mass is 250 g/mol. The van der Waals surface area contributed by atoms with Crippen molar-refractivity contribution in [2.24, 2.45) is 17.8 Å². The Morgan fingerprint density at radius 2 is 2.17 bits per heavy atom. The summed E-state index contributed by atoms with van der Waals surface area (Å²) in [5.74, 6) is 1.66. The summed E-state index contributed by atoms with van der Waals surface area (Å²) in [6.45, 7) is 10.3. The van der Waals surface area contributed by atoms with Gasteiger partial charge >= 0.3 is 5.97 Å². The van der Waals surface area contributed by atoms with Gasteiger partial charge in [0, 0.05) is 0 Å². The fourth-order valence-electron chi connectivity index (χ4n) is 2.73. The lowest BCUT2D eigenvalue weighted by atomic mass is 9.75. The van der Waals surface area contributed by atoms with E-state index < -0.39 is 0 Å². The predicted octanol–water partition coefficient (Wildman–Crippen LogP) is 4.12. The molecule has 0 amide bonds. The molecule has 102 valence electrons. The van der Waals surface area contributed by atoms with E-state index in [-0.39, 0.29) is 12.1 Å². The standard InChI is InChI=1S/C16H26O2/c1-5-6-7-8-16(17)18-15-11-13(4)9-10-14(15)12(2)3/h5-7,12-15H,1,8-11H2,2-4H3. The van der Waals surface area contributed by atoms with Gasteiger partial charge in [0.1, 0.15) is 6.10 Å². The predicted molar refractivity (Wildman–Crippen MR) is 75.2 cm³/mol. The van der Waals surface area contributed by atoms with Crippen LogP contribution >= 0.6 is 0 Å². The Morgan fingerprint density at radius 3 is 2.78 bits per heavy atom. The minimum absolute atomic E-state index is 0.110. The smallest absolute Gasteiger partial charge is 0.309 e. The number of hydrogen-bond acceptors (Lipinski definition) is 2. The zero-order valence-electron chi connectivity index (χ0n) is 11.9. The van der Waals surface area contributed by atoms with Crippen molar-refractivity contribution in [1.29, 1.82) is 0 Å². The van der Waals surface area contributed by atoms with Crippen LogP contribution in [0.2, 0.25) is 0 Å². The van der Waals surface area contributed by atoms with Crippen molar-refractivity contribution in [1.82, 2.24) is 0 Å². The molecule has 0 radical (unpaired) electrons. The first kappa shape index (κ1) is 15.0. The molecule has 1 aliphatic rings. The van der Waals surface area contributed by atoms with Gasteiger partial charge in [-0.2, -0.15) is 0 Å². The lowest BCUT2D eigenvalue weighted by Crippen LogP contribution is -2.35. The highest BCUT2D eigenvalue weighted by Gasteiger charge is 2.33. The van der Waals surface area contributed by atoms with Crippen molar-refractivity contribution in [3.63, 3.8) is 0 Å². The molecule has 0 spiro atoms. The average molecular weight is 250 g/mol. The zero-order valence-corrected chi connectivity index (χ0v) is 11.9. The lowest BCUT2D eigenvalue weighted by Gasteiger charge is -2.36. The molecule has 1 saturated carbocycles. The Morgan fingerprint density at radius 1 is 1.44 bits per heavy atom. The number of allylic oxidation sites excluding steroid dienone is 2. The summed E-state index contributed by atoms with van der Waals surface area (Å²) in [6, 6.07) is 0. The van der Waals surface area contributed by atoms with Gasteiger partial charge in [-0.3, -0.25) is 4.79 Å². The molecule has 0 aliphatic heterocycles. The second-order valence-electron chi connectivity index (χ2n) is 5.72. The van der Waals surface area contributed by atoms with E-state index in [1.807, 2.05) is 0 Å². The quantitative estimate of drug-likeness (QED) is 0.542. The zero-order chi connectivity index (χ0) is 13.5. The Labute approximate surface area is 111 Å². The van der Waals surface area contributed by atoms with Crippen molar-refractivity contribution >= 4 is 5.97 Å². The first-order valence-electron chi connectivity index (χ1n) is 7.01. The molecule has 18 heavy (non-hydrogen) atoms. The van der Waals surface area contributed by atoms with Crippen LogP contribution in [0.3, 0.4) is 0 Å². The summed E-state index contributed by atoms with van der Waals surface area (Å²) in [5.41, 5.74) is 0. The molecular weight excluding hydrogens is 224 g/mol. The molecule has 1 fully saturated rings. The van der Waals surface area contributed by atoms with Gasteiger partial charge in [-0.15, -0.1) is 0 Å². The van der Waals surface area contributed by atoms with Crippen LogP contribution in [0.25, 0.3) is 0 Å². The first-order chi connectivity index (χ1) is 8.54. The van der Waals surface area contributed by atoms with Gasteiger partial charge < -0.3 is 4.74 Å².